The van der Waals surface area contributed by atoms with E-state index < -0.39 is 44.5 Å². The zero-order valence-corrected chi connectivity index (χ0v) is 8.32. The molecule has 11 heavy (non-hydrogen) atoms. The van der Waals surface area contributed by atoms with E-state index in [4.69, 9.17) is 0 Å². The van der Waals surface area contributed by atoms with Crippen LogP contribution >= 0.6 is 20.0 Å². The second-order valence-corrected chi connectivity index (χ2v) is 8.90. The predicted molar refractivity (Wildman–Crippen MR) is 34.4 cm³/mol. The fourth-order valence-corrected chi connectivity index (χ4v) is 5.39. The van der Waals surface area contributed by atoms with Gasteiger partial charge in [0.05, 0.1) is 0 Å². The fourth-order valence-electron chi connectivity index (χ4n) is 0.115. The van der Waals surface area contributed by atoms with Crippen LogP contribution in [0, 0.1) is 0 Å². The molecule has 0 nitrogen and oxygen atoms in total. The summed E-state index contributed by atoms with van der Waals surface area (Å²) >= 11 is -2.10. The van der Waals surface area contributed by atoms with Gasteiger partial charge in [0.2, 0.25) is 0 Å². The van der Waals surface area contributed by atoms with Gasteiger partial charge in [0.1, 0.15) is 0 Å². The van der Waals surface area contributed by atoms with Gasteiger partial charge in [0.15, 0.2) is 0 Å². The van der Waals surface area contributed by atoms with Gasteiger partial charge in [0, 0.05) is 0 Å². The molecule has 0 aliphatic rings. The van der Waals surface area contributed by atoms with Crippen LogP contribution in [0.4, 0.5) is 26.3 Å². The average molecular weight is 278 g/mol. The Balaban J connectivity index is 3.44. The molecule has 0 saturated carbocycles. The second kappa shape index (κ2) is 4.18. The van der Waals surface area contributed by atoms with E-state index in [1.54, 1.807) is 0 Å². The summed E-state index contributed by atoms with van der Waals surface area (Å²) in [5.74, 6) is 0. The van der Waals surface area contributed by atoms with Crippen LogP contribution in [0.3, 0.4) is 0 Å². The van der Waals surface area contributed by atoms with E-state index in [1.165, 1.54) is 0 Å². The van der Waals surface area contributed by atoms with Gasteiger partial charge >= 0.3 is 70.8 Å². The van der Waals surface area contributed by atoms with Crippen LogP contribution in [-0.2, 0) is 0 Å². The molecule has 68 valence electrons. The molecule has 9 heteroatoms. The maximum atomic E-state index is 11.2. The monoisotopic (exact) mass is 278 g/mol. The van der Waals surface area contributed by atoms with Gasteiger partial charge < -0.3 is 0 Å². The number of alkyl halides is 6. The summed E-state index contributed by atoms with van der Waals surface area (Å²) in [4.78, 5) is 0. The number of hydrogen-bond acceptors (Lipinski definition) is 2. The van der Waals surface area contributed by atoms with Crippen molar-refractivity contribution in [2.24, 2.45) is 0 Å². The topological polar surface area (TPSA) is 0 Å². The average Bonchev–Trinajstić information content (AvgIpc) is 1.55. The van der Waals surface area contributed by atoms with Crippen molar-refractivity contribution in [1.82, 2.24) is 0 Å². The molecule has 0 fully saturated rings. The first-order chi connectivity index (χ1) is 4.71. The van der Waals surface area contributed by atoms with E-state index in [0.717, 1.165) is 0 Å². The van der Waals surface area contributed by atoms with Gasteiger partial charge in [0.25, 0.3) is 0 Å². The van der Waals surface area contributed by atoms with Crippen LogP contribution in [0.1, 0.15) is 0 Å². The van der Waals surface area contributed by atoms with Gasteiger partial charge in [-0.1, -0.05) is 0 Å². The van der Waals surface area contributed by atoms with Crippen molar-refractivity contribution in [2.75, 3.05) is 0 Å². The zero-order valence-electron chi connectivity index (χ0n) is 4.58. The molecule has 0 radical (unpaired) electrons. The summed E-state index contributed by atoms with van der Waals surface area (Å²) in [5.41, 5.74) is -9.06. The number of hydrogen-bond donors (Lipinski definition) is 0. The number of halogens is 6. The Hall–Kier alpha value is 0.838. The van der Waals surface area contributed by atoms with Crippen LogP contribution in [0.2, 0.25) is 0 Å². The zero-order chi connectivity index (χ0) is 9.12. The first-order valence-corrected chi connectivity index (χ1v) is 8.72. The molecule has 0 aromatic rings. The van der Waals surface area contributed by atoms with Crippen molar-refractivity contribution < 1.29 is 26.3 Å². The molecule has 0 unspecified atom stereocenters. The standard InChI is InChI=1S/C2HAsF6S2/c4-1(5,6)10-3-11-2(7,8)9/h3H. The van der Waals surface area contributed by atoms with E-state index in [1.807, 2.05) is 0 Å². The van der Waals surface area contributed by atoms with E-state index in [2.05, 4.69) is 0 Å². The SMILES string of the molecule is FC(F)(F)S[AsH]SC(F)(F)F. The normalized spacial score (nSPS) is 13.6. The quantitative estimate of drug-likeness (QED) is 0.562. The molecule has 0 aromatic carbocycles. The first kappa shape index (κ1) is 11.8. The molecule has 0 aliphatic carbocycles. The molecule has 0 atom stereocenters. The summed E-state index contributed by atoms with van der Waals surface area (Å²) in [6.45, 7) is 0. The Morgan fingerprint density at radius 2 is 1.00 bits per heavy atom. The minimum absolute atomic E-state index is 0.572. The van der Waals surface area contributed by atoms with Crippen LogP contribution in [0.15, 0.2) is 0 Å². The molecule has 0 aliphatic heterocycles. The Kier molecular flexibility index (Phi) is 4.50. The van der Waals surface area contributed by atoms with Gasteiger partial charge in [-0.15, -0.1) is 0 Å². The Bertz CT molecular complexity index is 103. The van der Waals surface area contributed by atoms with E-state index >= 15 is 0 Å². The van der Waals surface area contributed by atoms with Crippen LogP contribution < -0.4 is 0 Å². The van der Waals surface area contributed by atoms with Gasteiger partial charge in [-0.2, -0.15) is 0 Å². The van der Waals surface area contributed by atoms with Crippen molar-refractivity contribution in [3.8, 4) is 0 Å². The third-order valence-corrected chi connectivity index (χ3v) is 7.51. The molecule has 0 aromatic heterocycles. The number of rotatable bonds is 2. The fraction of sp³-hybridized carbons (Fsp3) is 1.00. The van der Waals surface area contributed by atoms with Crippen LogP contribution in [-0.4, -0.2) is 24.5 Å². The summed E-state index contributed by atoms with van der Waals surface area (Å²) < 4.78 is 67.5. The van der Waals surface area contributed by atoms with Gasteiger partial charge in [-0.05, 0) is 0 Å². The van der Waals surface area contributed by atoms with Gasteiger partial charge in [-0.25, -0.2) is 0 Å². The van der Waals surface area contributed by atoms with Gasteiger partial charge in [-0.3, -0.25) is 0 Å². The Labute approximate surface area is 71.1 Å². The maximum absolute atomic E-state index is 11.2. The molecule has 0 bridgehead atoms. The third kappa shape index (κ3) is 10.8. The third-order valence-electron chi connectivity index (χ3n) is 0.315. The van der Waals surface area contributed by atoms with E-state index in [0.29, 0.717) is 0 Å². The molecule has 0 rings (SSSR count). The Morgan fingerprint density at radius 1 is 0.727 bits per heavy atom. The minimum atomic E-state index is -4.53. The molecular formula is C2HAsF6S2. The van der Waals surface area contributed by atoms with E-state index in [9.17, 15) is 26.3 Å². The molecular weight excluding hydrogens is 277 g/mol. The Morgan fingerprint density at radius 3 is 1.18 bits per heavy atom. The molecule has 0 saturated heterocycles. The van der Waals surface area contributed by atoms with Crippen molar-refractivity contribution in [2.45, 2.75) is 11.0 Å². The predicted octanol–water partition coefficient (Wildman–Crippen LogP) is 2.76. The summed E-state index contributed by atoms with van der Waals surface area (Å²) in [7, 11) is -1.14. The van der Waals surface area contributed by atoms with Crippen molar-refractivity contribution in [3.63, 3.8) is 0 Å². The molecule has 0 N–H and O–H groups in total. The summed E-state index contributed by atoms with van der Waals surface area (Å²) in [5, 5.41) is 0. The van der Waals surface area contributed by atoms with Crippen molar-refractivity contribution in [3.05, 3.63) is 0 Å². The van der Waals surface area contributed by atoms with Crippen LogP contribution in [0.25, 0.3) is 0 Å². The van der Waals surface area contributed by atoms with Crippen molar-refractivity contribution >= 4 is 33.5 Å². The second-order valence-electron chi connectivity index (χ2n) is 1.18. The molecule has 0 spiro atoms. The van der Waals surface area contributed by atoms with Crippen LogP contribution in [0.5, 0.6) is 0 Å². The first-order valence-electron chi connectivity index (χ1n) is 1.95. The van der Waals surface area contributed by atoms with Crippen molar-refractivity contribution in [1.29, 1.82) is 0 Å². The summed E-state index contributed by atoms with van der Waals surface area (Å²) in [6.07, 6.45) is 0. The molecule has 0 amide bonds. The molecule has 0 heterocycles. The van der Waals surface area contributed by atoms with E-state index in [-0.39, 0.29) is 0 Å². The summed E-state index contributed by atoms with van der Waals surface area (Å²) in [6, 6.07) is 0.